The number of hydrogen-bond acceptors (Lipinski definition) is 9. The lowest BCUT2D eigenvalue weighted by atomic mass is 9.94. The number of amides is 2. The maximum Gasteiger partial charge on any atom is 0.238 e. The molecule has 0 aliphatic carbocycles. The smallest absolute Gasteiger partial charge is 0.238 e. The second-order valence-corrected chi connectivity index (χ2v) is 10.9. The number of hydrogen-bond donors (Lipinski definition) is 5. The average molecular weight is 545 g/mol. The summed E-state index contributed by atoms with van der Waals surface area (Å²) >= 11 is 1.63. The first-order valence-corrected chi connectivity index (χ1v) is 14.5. The van der Waals surface area contributed by atoms with E-state index in [1.165, 1.54) is 0 Å². The lowest BCUT2D eigenvalue weighted by Gasteiger charge is -2.22. The van der Waals surface area contributed by atoms with Gasteiger partial charge in [-0.05, 0) is 49.0 Å². The standard InChI is InChI=1S/C26H48N4O6S/c1-4-8-19(16-31)13-24(34)22(30-26(36)21(27)14-25(28)35)10-12-37-11-7-6-9-20(33)15-29-23(17-32)18(3)5-2/h17-19,21-23,29,31H,4-16,27H2,1-3H3,(H2,28,35)(H,30,36)/t18-,19?,21+,22?,23-/m1/s1. The number of aliphatic hydroxyl groups excluding tert-OH is 1. The zero-order valence-corrected chi connectivity index (χ0v) is 23.5. The molecule has 214 valence electrons. The summed E-state index contributed by atoms with van der Waals surface area (Å²) in [6.45, 7) is 6.05. The van der Waals surface area contributed by atoms with Crippen LogP contribution in [0.4, 0.5) is 0 Å². The number of ketones is 2. The predicted molar refractivity (Wildman–Crippen MR) is 147 cm³/mol. The normalized spacial score (nSPS) is 15.3. The average Bonchev–Trinajstić information content (AvgIpc) is 2.86. The van der Waals surface area contributed by atoms with Crippen LogP contribution in [0.3, 0.4) is 0 Å². The molecule has 11 heteroatoms. The largest absolute Gasteiger partial charge is 0.396 e. The predicted octanol–water partition coefficient (Wildman–Crippen LogP) is 1.11. The fourth-order valence-electron chi connectivity index (χ4n) is 3.78. The lowest BCUT2D eigenvalue weighted by Crippen LogP contribution is -2.50. The van der Waals surface area contributed by atoms with Gasteiger partial charge in [-0.25, -0.2) is 0 Å². The highest BCUT2D eigenvalue weighted by molar-refractivity contribution is 7.99. The van der Waals surface area contributed by atoms with Gasteiger partial charge in [0.15, 0.2) is 5.78 Å². The molecule has 0 radical (unpaired) electrons. The van der Waals surface area contributed by atoms with Gasteiger partial charge in [0.05, 0.1) is 31.1 Å². The van der Waals surface area contributed by atoms with Gasteiger partial charge in [-0.1, -0.05) is 33.6 Å². The van der Waals surface area contributed by atoms with Crippen molar-refractivity contribution in [2.24, 2.45) is 23.3 Å². The summed E-state index contributed by atoms with van der Waals surface area (Å²) in [5, 5.41) is 15.2. The molecule has 0 heterocycles. The van der Waals surface area contributed by atoms with Crippen molar-refractivity contribution >= 4 is 41.4 Å². The van der Waals surface area contributed by atoms with Crippen LogP contribution in [0.25, 0.3) is 0 Å². The molecule has 0 spiro atoms. The van der Waals surface area contributed by atoms with Gasteiger partial charge in [0.1, 0.15) is 12.1 Å². The highest BCUT2D eigenvalue weighted by atomic mass is 32.2. The second kappa shape index (κ2) is 21.2. The number of carbonyl (C=O) groups excluding carboxylic acids is 5. The molecule has 7 N–H and O–H groups in total. The van der Waals surface area contributed by atoms with Gasteiger partial charge in [-0.2, -0.15) is 11.8 Å². The van der Waals surface area contributed by atoms with Crippen LogP contribution in [0.5, 0.6) is 0 Å². The van der Waals surface area contributed by atoms with E-state index in [1.54, 1.807) is 11.8 Å². The summed E-state index contributed by atoms with van der Waals surface area (Å²) in [5.74, 6) is 0.0435. The summed E-state index contributed by atoms with van der Waals surface area (Å²) in [4.78, 5) is 59.6. The summed E-state index contributed by atoms with van der Waals surface area (Å²) in [6, 6.07) is -2.18. The van der Waals surface area contributed by atoms with E-state index < -0.39 is 23.9 Å². The molecule has 0 rings (SSSR count). The third kappa shape index (κ3) is 16.6. The van der Waals surface area contributed by atoms with Crippen molar-refractivity contribution < 1.29 is 29.1 Å². The van der Waals surface area contributed by atoms with Crippen molar-refractivity contribution in [3.05, 3.63) is 0 Å². The van der Waals surface area contributed by atoms with Gasteiger partial charge in [0.2, 0.25) is 11.8 Å². The van der Waals surface area contributed by atoms with Crippen LogP contribution in [0, 0.1) is 11.8 Å². The summed E-state index contributed by atoms with van der Waals surface area (Å²) in [5.41, 5.74) is 10.8. The molecule has 0 saturated carbocycles. The minimum atomic E-state index is -1.12. The molecule has 0 aromatic heterocycles. The Hall–Kier alpha value is -1.82. The molecule has 0 aliphatic rings. The first-order valence-electron chi connectivity index (χ1n) is 13.3. The van der Waals surface area contributed by atoms with Crippen LogP contribution in [0.1, 0.15) is 78.6 Å². The lowest BCUT2D eigenvalue weighted by molar-refractivity contribution is -0.130. The summed E-state index contributed by atoms with van der Waals surface area (Å²) in [6.07, 6.45) is 5.51. The van der Waals surface area contributed by atoms with Crippen molar-refractivity contribution in [3.8, 4) is 0 Å². The van der Waals surface area contributed by atoms with Gasteiger partial charge in [0.25, 0.3) is 0 Å². The summed E-state index contributed by atoms with van der Waals surface area (Å²) < 4.78 is 0. The number of Topliss-reactive ketones (excluding diaryl/α,β-unsaturated/α-hetero) is 2. The quantitative estimate of drug-likeness (QED) is 0.0878. The number of rotatable bonds is 24. The van der Waals surface area contributed by atoms with E-state index in [2.05, 4.69) is 10.6 Å². The maximum absolute atomic E-state index is 12.9. The Morgan fingerprint density at radius 1 is 1.05 bits per heavy atom. The Bertz CT molecular complexity index is 709. The Morgan fingerprint density at radius 2 is 1.76 bits per heavy atom. The van der Waals surface area contributed by atoms with Gasteiger partial charge in [-0.15, -0.1) is 0 Å². The fourth-order valence-corrected chi connectivity index (χ4v) is 4.80. The molecule has 5 atom stereocenters. The van der Waals surface area contributed by atoms with Crippen molar-refractivity contribution in [3.63, 3.8) is 0 Å². The molecule has 0 aromatic rings. The molecular weight excluding hydrogens is 496 g/mol. The van der Waals surface area contributed by atoms with Crippen LogP contribution < -0.4 is 22.1 Å². The maximum atomic E-state index is 12.9. The van der Waals surface area contributed by atoms with Crippen molar-refractivity contribution in [1.82, 2.24) is 10.6 Å². The Kier molecular flexibility index (Phi) is 20.1. The van der Waals surface area contributed by atoms with E-state index in [9.17, 15) is 29.1 Å². The Labute approximate surface area is 225 Å². The molecule has 0 aliphatic heterocycles. The zero-order valence-electron chi connectivity index (χ0n) is 22.7. The van der Waals surface area contributed by atoms with Gasteiger partial charge in [-0.3, -0.25) is 19.2 Å². The number of thioether (sulfide) groups is 1. The van der Waals surface area contributed by atoms with E-state index >= 15 is 0 Å². The molecule has 2 amide bonds. The van der Waals surface area contributed by atoms with Crippen LogP contribution in [0.2, 0.25) is 0 Å². The van der Waals surface area contributed by atoms with Crippen LogP contribution in [-0.2, 0) is 24.0 Å². The van der Waals surface area contributed by atoms with Gasteiger partial charge < -0.3 is 32.0 Å². The number of primary amides is 1. The minimum absolute atomic E-state index is 0.0753. The molecule has 10 nitrogen and oxygen atoms in total. The van der Waals surface area contributed by atoms with E-state index in [0.717, 1.165) is 37.7 Å². The highest BCUT2D eigenvalue weighted by Gasteiger charge is 2.26. The Morgan fingerprint density at radius 3 is 2.32 bits per heavy atom. The monoisotopic (exact) mass is 544 g/mol. The minimum Gasteiger partial charge on any atom is -0.396 e. The molecule has 0 bridgehead atoms. The molecule has 2 unspecified atom stereocenters. The topological polar surface area (TPSA) is 182 Å². The van der Waals surface area contributed by atoms with Crippen molar-refractivity contribution in [1.29, 1.82) is 0 Å². The number of aldehydes is 1. The van der Waals surface area contributed by atoms with Crippen LogP contribution in [0.15, 0.2) is 0 Å². The van der Waals surface area contributed by atoms with Crippen LogP contribution >= 0.6 is 11.8 Å². The van der Waals surface area contributed by atoms with E-state index in [1.807, 2.05) is 20.8 Å². The van der Waals surface area contributed by atoms with Crippen molar-refractivity contribution in [2.45, 2.75) is 96.7 Å². The first kappa shape index (κ1) is 35.2. The molecule has 0 fully saturated rings. The second-order valence-electron chi connectivity index (χ2n) is 9.67. The molecular formula is C26H48N4O6S. The molecule has 0 saturated heterocycles. The Balaban J connectivity index is 4.55. The first-order chi connectivity index (χ1) is 17.6. The third-order valence-corrected chi connectivity index (χ3v) is 7.49. The molecule has 37 heavy (non-hydrogen) atoms. The number of carbonyl (C=O) groups is 5. The van der Waals surface area contributed by atoms with Crippen molar-refractivity contribution in [2.75, 3.05) is 24.7 Å². The zero-order chi connectivity index (χ0) is 28.2. The third-order valence-electron chi connectivity index (χ3n) is 6.39. The summed E-state index contributed by atoms with van der Waals surface area (Å²) in [7, 11) is 0. The van der Waals surface area contributed by atoms with Gasteiger partial charge >= 0.3 is 0 Å². The van der Waals surface area contributed by atoms with Gasteiger partial charge in [0, 0.05) is 19.4 Å². The van der Waals surface area contributed by atoms with E-state index in [0.29, 0.717) is 25.0 Å². The number of unbranched alkanes of at least 4 members (excludes halogenated alkanes) is 1. The highest BCUT2D eigenvalue weighted by Crippen LogP contribution is 2.16. The number of aliphatic hydroxyl groups is 1. The molecule has 0 aromatic carbocycles. The number of nitrogens with two attached hydrogens (primary N) is 2. The SMILES string of the molecule is CCCC(CO)CC(=O)C(CCSCCCCC(=O)CN[C@H](C=O)[C@H](C)CC)NC(=O)[C@@H](N)CC(N)=O. The van der Waals surface area contributed by atoms with E-state index in [-0.39, 0.29) is 55.4 Å². The number of nitrogens with one attached hydrogen (secondary N) is 2. The fraction of sp³-hybridized carbons (Fsp3) is 0.808. The van der Waals surface area contributed by atoms with Crippen LogP contribution in [-0.4, -0.2) is 77.6 Å². The van der Waals surface area contributed by atoms with E-state index in [4.69, 9.17) is 11.5 Å².